The molecule has 0 amide bonds. The Morgan fingerprint density at radius 2 is 1.88 bits per heavy atom. The predicted molar refractivity (Wildman–Crippen MR) is 94.1 cm³/mol. The summed E-state index contributed by atoms with van der Waals surface area (Å²) in [5.41, 5.74) is 0. The van der Waals surface area contributed by atoms with Gasteiger partial charge in [0.2, 0.25) is 10.0 Å². The molecule has 6 nitrogen and oxygen atoms in total. The van der Waals surface area contributed by atoms with Gasteiger partial charge in [-0.05, 0) is 30.3 Å². The molecule has 0 aliphatic heterocycles. The van der Waals surface area contributed by atoms with E-state index in [1.807, 2.05) is 0 Å². The summed E-state index contributed by atoms with van der Waals surface area (Å²) in [6.45, 7) is -0.211. The summed E-state index contributed by atoms with van der Waals surface area (Å²) in [5, 5.41) is 0.294. The molecule has 0 aliphatic carbocycles. The molecule has 0 unspecified atom stereocenters. The molecule has 0 heterocycles. The third-order valence-electron chi connectivity index (χ3n) is 3.17. The SMILES string of the molecule is O=C(CCNS(=O)(=O)c1cccc(Cl)c1)OCCOc1ccccc1F. The molecule has 0 aliphatic rings. The lowest BCUT2D eigenvalue weighted by Crippen LogP contribution is -2.27. The Hall–Kier alpha value is -2.16. The van der Waals surface area contributed by atoms with E-state index >= 15 is 0 Å². The molecule has 0 radical (unpaired) electrons. The van der Waals surface area contributed by atoms with Gasteiger partial charge in [0, 0.05) is 11.6 Å². The molecule has 2 aromatic carbocycles. The van der Waals surface area contributed by atoms with Crippen molar-refractivity contribution in [2.24, 2.45) is 0 Å². The van der Waals surface area contributed by atoms with Gasteiger partial charge >= 0.3 is 5.97 Å². The average Bonchev–Trinajstić information content (AvgIpc) is 2.60. The smallest absolute Gasteiger partial charge is 0.307 e. The van der Waals surface area contributed by atoms with Crippen LogP contribution in [0.2, 0.25) is 5.02 Å². The Morgan fingerprint density at radius 1 is 1.12 bits per heavy atom. The summed E-state index contributed by atoms with van der Waals surface area (Å²) >= 11 is 5.76. The lowest BCUT2D eigenvalue weighted by molar-refractivity contribution is -0.144. The summed E-state index contributed by atoms with van der Waals surface area (Å²) in [4.78, 5) is 11.6. The van der Waals surface area contributed by atoms with E-state index in [2.05, 4.69) is 4.72 Å². The molecule has 140 valence electrons. The van der Waals surface area contributed by atoms with Crippen LogP contribution < -0.4 is 9.46 Å². The summed E-state index contributed by atoms with van der Waals surface area (Å²) in [5.74, 6) is -1.04. The molecule has 0 spiro atoms. The number of benzene rings is 2. The van der Waals surface area contributed by atoms with Crippen molar-refractivity contribution in [3.8, 4) is 5.75 Å². The molecule has 0 saturated carbocycles. The number of nitrogens with one attached hydrogen (secondary N) is 1. The maximum Gasteiger partial charge on any atom is 0.307 e. The Bertz CT molecular complexity index is 860. The first kappa shape index (κ1) is 20.2. The van der Waals surface area contributed by atoms with Crippen molar-refractivity contribution in [3.63, 3.8) is 0 Å². The molecule has 0 saturated heterocycles. The number of halogens is 2. The zero-order valence-electron chi connectivity index (χ0n) is 13.7. The molecule has 9 heteroatoms. The van der Waals surface area contributed by atoms with Crippen molar-refractivity contribution >= 4 is 27.6 Å². The van der Waals surface area contributed by atoms with Crippen LogP contribution in [0.15, 0.2) is 53.4 Å². The minimum absolute atomic E-state index is 0.0108. The van der Waals surface area contributed by atoms with Crippen LogP contribution in [0.25, 0.3) is 0 Å². The van der Waals surface area contributed by atoms with E-state index in [9.17, 15) is 17.6 Å². The minimum atomic E-state index is -3.75. The molecular formula is C17H17ClFNO5S. The number of sulfonamides is 1. The first-order valence-corrected chi connectivity index (χ1v) is 9.53. The van der Waals surface area contributed by atoms with Gasteiger partial charge < -0.3 is 9.47 Å². The van der Waals surface area contributed by atoms with Crippen LogP contribution in [0, 0.1) is 5.82 Å². The van der Waals surface area contributed by atoms with Crippen molar-refractivity contribution in [3.05, 3.63) is 59.4 Å². The summed E-state index contributed by atoms with van der Waals surface area (Å²) < 4.78 is 49.7. The van der Waals surface area contributed by atoms with Gasteiger partial charge in [-0.25, -0.2) is 17.5 Å². The second kappa shape index (κ2) is 9.51. The van der Waals surface area contributed by atoms with Crippen LogP contribution in [0.1, 0.15) is 6.42 Å². The number of para-hydroxylation sites is 1. The second-order valence-corrected chi connectivity index (χ2v) is 7.31. The molecule has 26 heavy (non-hydrogen) atoms. The highest BCUT2D eigenvalue weighted by atomic mass is 35.5. The number of hydrogen-bond acceptors (Lipinski definition) is 5. The van der Waals surface area contributed by atoms with E-state index in [4.69, 9.17) is 21.1 Å². The molecule has 2 rings (SSSR count). The predicted octanol–water partition coefficient (Wildman–Crippen LogP) is 2.77. The van der Waals surface area contributed by atoms with Gasteiger partial charge in [-0.2, -0.15) is 0 Å². The van der Waals surface area contributed by atoms with Crippen LogP contribution in [-0.2, 0) is 19.6 Å². The standard InChI is InChI=1S/C17H17ClFNO5S/c18-13-4-3-5-14(12-13)26(22,23)20-9-8-17(21)25-11-10-24-16-7-2-1-6-15(16)19/h1-7,12,20H,8-11H2. The maximum atomic E-state index is 13.3. The largest absolute Gasteiger partial charge is 0.487 e. The molecule has 2 aromatic rings. The molecular weight excluding hydrogens is 385 g/mol. The van der Waals surface area contributed by atoms with Crippen LogP contribution in [0.4, 0.5) is 4.39 Å². The monoisotopic (exact) mass is 401 g/mol. The molecule has 0 fully saturated rings. The lowest BCUT2D eigenvalue weighted by Gasteiger charge is -2.09. The highest BCUT2D eigenvalue weighted by molar-refractivity contribution is 7.89. The van der Waals surface area contributed by atoms with Gasteiger partial charge in [0.25, 0.3) is 0 Å². The Labute approximate surface area is 155 Å². The van der Waals surface area contributed by atoms with Gasteiger partial charge in [-0.3, -0.25) is 4.79 Å². The van der Waals surface area contributed by atoms with Crippen LogP contribution in [-0.4, -0.2) is 34.1 Å². The number of rotatable bonds is 9. The van der Waals surface area contributed by atoms with E-state index in [0.29, 0.717) is 5.02 Å². The first-order valence-electron chi connectivity index (χ1n) is 7.67. The molecule has 0 aromatic heterocycles. The van der Waals surface area contributed by atoms with E-state index in [-0.39, 0.29) is 36.8 Å². The third kappa shape index (κ3) is 6.29. The van der Waals surface area contributed by atoms with Gasteiger partial charge in [0.15, 0.2) is 11.6 Å². The average molecular weight is 402 g/mol. The van der Waals surface area contributed by atoms with Gasteiger partial charge in [-0.15, -0.1) is 0 Å². The highest BCUT2D eigenvalue weighted by Gasteiger charge is 2.14. The fraction of sp³-hybridized carbons (Fsp3) is 0.235. The summed E-state index contributed by atoms with van der Waals surface area (Å²) in [6, 6.07) is 11.6. The number of carbonyl (C=O) groups excluding carboxylic acids is 1. The molecule has 0 atom stereocenters. The quantitative estimate of drug-likeness (QED) is 0.516. The maximum absolute atomic E-state index is 13.3. The minimum Gasteiger partial charge on any atom is -0.487 e. The van der Waals surface area contributed by atoms with Crippen molar-refractivity contribution < 1.29 is 27.1 Å². The topological polar surface area (TPSA) is 81.7 Å². The van der Waals surface area contributed by atoms with Crippen molar-refractivity contribution in [2.45, 2.75) is 11.3 Å². The van der Waals surface area contributed by atoms with E-state index in [1.165, 1.54) is 36.4 Å². The zero-order valence-corrected chi connectivity index (χ0v) is 15.2. The van der Waals surface area contributed by atoms with Gasteiger partial charge in [0.1, 0.15) is 13.2 Å². The summed E-state index contributed by atoms with van der Waals surface area (Å²) in [7, 11) is -3.75. The van der Waals surface area contributed by atoms with Crippen LogP contribution >= 0.6 is 11.6 Å². The van der Waals surface area contributed by atoms with E-state index in [1.54, 1.807) is 12.1 Å². The number of carbonyl (C=O) groups is 1. The van der Waals surface area contributed by atoms with Crippen LogP contribution in [0.5, 0.6) is 5.75 Å². The highest BCUT2D eigenvalue weighted by Crippen LogP contribution is 2.16. The van der Waals surface area contributed by atoms with Gasteiger partial charge in [0.05, 0.1) is 11.3 Å². The van der Waals surface area contributed by atoms with Crippen LogP contribution in [0.3, 0.4) is 0 Å². The lowest BCUT2D eigenvalue weighted by atomic mass is 10.3. The molecule has 1 N–H and O–H groups in total. The van der Waals surface area contributed by atoms with E-state index < -0.39 is 21.8 Å². The number of ether oxygens (including phenoxy) is 2. The second-order valence-electron chi connectivity index (χ2n) is 5.10. The third-order valence-corrected chi connectivity index (χ3v) is 4.86. The summed E-state index contributed by atoms with van der Waals surface area (Å²) in [6.07, 6.45) is -0.153. The van der Waals surface area contributed by atoms with Gasteiger partial charge in [-0.1, -0.05) is 29.8 Å². The van der Waals surface area contributed by atoms with E-state index in [0.717, 1.165) is 0 Å². The first-order chi connectivity index (χ1) is 12.4. The fourth-order valence-corrected chi connectivity index (χ4v) is 3.28. The number of esters is 1. The zero-order chi connectivity index (χ0) is 19.0. The molecule has 0 bridgehead atoms. The Morgan fingerprint density at radius 3 is 2.62 bits per heavy atom. The number of hydrogen-bond donors (Lipinski definition) is 1. The Kier molecular flexibility index (Phi) is 7.38. The normalized spacial score (nSPS) is 11.2. The van der Waals surface area contributed by atoms with Crippen molar-refractivity contribution in [2.75, 3.05) is 19.8 Å². The Balaban J connectivity index is 1.68. The van der Waals surface area contributed by atoms with Crippen molar-refractivity contribution in [1.82, 2.24) is 4.72 Å². The van der Waals surface area contributed by atoms with Crippen molar-refractivity contribution in [1.29, 1.82) is 0 Å². The fourth-order valence-electron chi connectivity index (χ4n) is 1.95.